The average molecular weight is 584 g/mol. The van der Waals surface area contributed by atoms with E-state index in [0.29, 0.717) is 33.7 Å². The maximum atomic E-state index is 13.8. The van der Waals surface area contributed by atoms with Gasteiger partial charge in [0, 0.05) is 39.1 Å². The van der Waals surface area contributed by atoms with E-state index in [4.69, 9.17) is 9.84 Å². The number of halogens is 4. The summed E-state index contributed by atoms with van der Waals surface area (Å²) in [4.78, 5) is 31.3. The number of aliphatic hydroxyl groups excluding tert-OH is 1. The summed E-state index contributed by atoms with van der Waals surface area (Å²) in [6, 6.07) is 8.59. The van der Waals surface area contributed by atoms with Gasteiger partial charge in [0.25, 0.3) is 11.8 Å². The number of alkyl halides is 3. The Labute approximate surface area is 235 Å². The van der Waals surface area contributed by atoms with Crippen LogP contribution in [0.2, 0.25) is 0 Å². The number of hydrogen-bond acceptors (Lipinski definition) is 6. The topological polar surface area (TPSA) is 101 Å². The molecule has 0 radical (unpaired) electrons. The van der Waals surface area contributed by atoms with Crippen LogP contribution in [0.15, 0.2) is 48.7 Å². The van der Waals surface area contributed by atoms with E-state index in [2.05, 4.69) is 27.5 Å². The van der Waals surface area contributed by atoms with Gasteiger partial charge in [0.05, 0.1) is 23.9 Å². The minimum absolute atomic E-state index is 0.0103. The molecule has 210 valence electrons. The molecule has 12 heteroatoms. The number of anilines is 2. The highest BCUT2D eigenvalue weighted by molar-refractivity contribution is 7.21. The van der Waals surface area contributed by atoms with Crippen LogP contribution in [0.25, 0.3) is 10.1 Å². The molecular weight excluding hydrogens is 562 g/mol. The first-order chi connectivity index (χ1) is 19.6. The first-order valence-corrected chi connectivity index (χ1v) is 13.1. The van der Waals surface area contributed by atoms with Gasteiger partial charge in [-0.15, -0.1) is 11.3 Å². The van der Waals surface area contributed by atoms with Crippen molar-refractivity contribution in [2.24, 2.45) is 0 Å². The van der Waals surface area contributed by atoms with Gasteiger partial charge in [-0.3, -0.25) is 14.6 Å². The predicted molar refractivity (Wildman–Crippen MR) is 146 cm³/mol. The molecule has 0 unspecified atom stereocenters. The largest absolute Gasteiger partial charge is 0.496 e. The number of ether oxygens (including phenoxy) is 1. The molecule has 1 aliphatic rings. The first-order valence-electron chi connectivity index (χ1n) is 12.3. The Morgan fingerprint density at radius 3 is 2.59 bits per heavy atom. The number of methoxy groups -OCH3 is 1. The van der Waals surface area contributed by atoms with Crippen LogP contribution in [0.3, 0.4) is 0 Å². The van der Waals surface area contributed by atoms with Gasteiger partial charge in [-0.2, -0.15) is 13.2 Å². The van der Waals surface area contributed by atoms with Crippen molar-refractivity contribution < 1.29 is 37.0 Å². The number of pyridine rings is 1. The summed E-state index contributed by atoms with van der Waals surface area (Å²) in [5.74, 6) is 2.83. The van der Waals surface area contributed by atoms with Crippen molar-refractivity contribution in [2.75, 3.05) is 24.4 Å². The number of rotatable bonds is 6. The van der Waals surface area contributed by atoms with Crippen molar-refractivity contribution in [1.82, 2.24) is 4.98 Å². The van der Waals surface area contributed by atoms with E-state index in [0.717, 1.165) is 35.9 Å². The molecule has 2 aromatic carbocycles. The summed E-state index contributed by atoms with van der Waals surface area (Å²) in [7, 11) is 1.38. The third-order valence-electron chi connectivity index (χ3n) is 6.32. The Kier molecular flexibility index (Phi) is 7.66. The fourth-order valence-electron chi connectivity index (χ4n) is 4.19. The molecule has 2 aromatic heterocycles. The molecule has 3 N–H and O–H groups in total. The quantitative estimate of drug-likeness (QED) is 0.186. The molecule has 41 heavy (non-hydrogen) atoms. The molecule has 1 saturated carbocycles. The van der Waals surface area contributed by atoms with Gasteiger partial charge < -0.3 is 20.5 Å². The van der Waals surface area contributed by atoms with E-state index < -0.39 is 29.4 Å². The number of aromatic nitrogens is 1. The van der Waals surface area contributed by atoms with Crippen LogP contribution < -0.4 is 15.4 Å². The number of fused-ring (bicyclic) bond motifs is 1. The van der Waals surface area contributed by atoms with E-state index in [1.54, 1.807) is 12.3 Å². The van der Waals surface area contributed by atoms with Crippen LogP contribution in [0, 0.1) is 17.7 Å². The average Bonchev–Trinajstić information content (AvgIpc) is 3.74. The maximum absolute atomic E-state index is 13.8. The Morgan fingerprint density at radius 1 is 1.12 bits per heavy atom. The molecule has 0 spiro atoms. The molecule has 0 atom stereocenters. The van der Waals surface area contributed by atoms with E-state index in [1.165, 1.54) is 19.2 Å². The monoisotopic (exact) mass is 583 g/mol. The fraction of sp³-hybridized carbons (Fsp3) is 0.207. The van der Waals surface area contributed by atoms with Gasteiger partial charge in [-0.25, -0.2) is 4.39 Å². The number of nitrogens with one attached hydrogen (secondary N) is 2. The molecule has 0 aliphatic heterocycles. The zero-order valence-electron chi connectivity index (χ0n) is 21.4. The summed E-state index contributed by atoms with van der Waals surface area (Å²) in [5, 5.41) is 14.6. The molecule has 7 nitrogen and oxygen atoms in total. The van der Waals surface area contributed by atoms with Crippen LogP contribution in [-0.2, 0) is 6.18 Å². The fourth-order valence-corrected chi connectivity index (χ4v) is 5.26. The van der Waals surface area contributed by atoms with Crippen LogP contribution in [-0.4, -0.2) is 35.6 Å². The summed E-state index contributed by atoms with van der Waals surface area (Å²) in [6.45, 7) is -0.374. The summed E-state index contributed by atoms with van der Waals surface area (Å²) in [6.07, 6.45) is -1.43. The number of carbonyl (C=O) groups excluding carboxylic acids is 2. The Bertz CT molecular complexity index is 1740. The number of thiophene rings is 1. The number of nitrogens with zero attached hydrogens (tertiary/aromatic N) is 1. The maximum Gasteiger partial charge on any atom is 0.419 e. The number of aliphatic hydroxyl groups is 1. The lowest BCUT2D eigenvalue weighted by atomic mass is 10.1. The normalized spacial score (nSPS) is 12.9. The lowest BCUT2D eigenvalue weighted by Gasteiger charge is -2.13. The van der Waals surface area contributed by atoms with E-state index in [9.17, 15) is 27.2 Å². The van der Waals surface area contributed by atoms with Crippen molar-refractivity contribution in [3.63, 3.8) is 0 Å². The Balaban J connectivity index is 1.54. The molecular formula is C29H21F4N3O4S. The standard InChI is InChI=1S/C29H21F4N3O4S/c1-40-23-9-4-15(3-2-10-37)11-18(23)27(38)36-25-19-14-34-22(16-5-6-16)13-24(19)41-26(25)28(39)35-17-7-8-21(30)20(12-17)29(31,32)33/h4,7-9,11-14,16,37H,5-6,10H2,1H3,(H,35,39)(H,36,38). The molecule has 2 amide bonds. The van der Waals surface area contributed by atoms with Crippen LogP contribution in [0.5, 0.6) is 5.75 Å². The lowest BCUT2D eigenvalue weighted by molar-refractivity contribution is -0.139. The minimum atomic E-state index is -4.96. The molecule has 1 aliphatic carbocycles. The number of benzene rings is 2. The third-order valence-corrected chi connectivity index (χ3v) is 7.47. The first kappa shape index (κ1) is 28.1. The second-order valence-corrected chi connectivity index (χ2v) is 10.2. The van der Waals surface area contributed by atoms with Gasteiger partial charge in [-0.1, -0.05) is 11.8 Å². The molecule has 0 saturated heterocycles. The molecule has 1 fully saturated rings. The second kappa shape index (κ2) is 11.2. The van der Waals surface area contributed by atoms with Crippen molar-refractivity contribution in [2.45, 2.75) is 24.9 Å². The molecule has 0 bridgehead atoms. The lowest BCUT2D eigenvalue weighted by Crippen LogP contribution is -2.18. The summed E-state index contributed by atoms with van der Waals surface area (Å²) >= 11 is 1.04. The summed E-state index contributed by atoms with van der Waals surface area (Å²) in [5.41, 5.74) is -0.311. The van der Waals surface area contributed by atoms with E-state index in [-0.39, 0.29) is 34.2 Å². The van der Waals surface area contributed by atoms with Crippen molar-refractivity contribution >= 4 is 44.6 Å². The molecule has 2 heterocycles. The van der Waals surface area contributed by atoms with Crippen LogP contribution >= 0.6 is 11.3 Å². The van der Waals surface area contributed by atoms with Gasteiger partial charge in [0.2, 0.25) is 0 Å². The van der Waals surface area contributed by atoms with Crippen molar-refractivity contribution in [3.05, 3.63) is 81.7 Å². The molecule has 5 rings (SSSR count). The number of carbonyl (C=O) groups is 2. The minimum Gasteiger partial charge on any atom is -0.496 e. The van der Waals surface area contributed by atoms with Crippen molar-refractivity contribution in [1.29, 1.82) is 0 Å². The van der Waals surface area contributed by atoms with E-state index >= 15 is 0 Å². The molecule has 4 aromatic rings. The van der Waals surface area contributed by atoms with Crippen LogP contribution in [0.4, 0.5) is 28.9 Å². The zero-order chi connectivity index (χ0) is 29.3. The van der Waals surface area contributed by atoms with Gasteiger partial charge in [0.15, 0.2) is 0 Å². The number of amides is 2. The predicted octanol–water partition coefficient (Wildman–Crippen LogP) is 6.19. The van der Waals surface area contributed by atoms with Gasteiger partial charge >= 0.3 is 6.18 Å². The Morgan fingerprint density at radius 2 is 1.90 bits per heavy atom. The highest BCUT2D eigenvalue weighted by Gasteiger charge is 2.34. The second-order valence-electron chi connectivity index (χ2n) is 9.16. The van der Waals surface area contributed by atoms with Gasteiger partial charge in [-0.05, 0) is 55.3 Å². The highest BCUT2D eigenvalue weighted by atomic mass is 32.1. The van der Waals surface area contributed by atoms with Gasteiger partial charge in [0.1, 0.15) is 23.1 Å². The Hall–Kier alpha value is -4.47. The van der Waals surface area contributed by atoms with Crippen LogP contribution in [0.1, 0.15) is 55.6 Å². The SMILES string of the molecule is COc1ccc(C#CCO)cc1C(=O)Nc1c(C(=O)Nc2ccc(F)c(C(F)(F)F)c2)sc2cc(C3CC3)ncc12. The number of hydrogen-bond donors (Lipinski definition) is 3. The van der Waals surface area contributed by atoms with E-state index in [1.807, 2.05) is 6.07 Å². The summed E-state index contributed by atoms with van der Waals surface area (Å²) < 4.78 is 59.4. The highest BCUT2D eigenvalue weighted by Crippen LogP contribution is 2.43. The zero-order valence-corrected chi connectivity index (χ0v) is 22.2. The third kappa shape index (κ3) is 6.01. The van der Waals surface area contributed by atoms with Crippen molar-refractivity contribution in [3.8, 4) is 17.6 Å². The smallest absolute Gasteiger partial charge is 0.419 e.